The summed E-state index contributed by atoms with van der Waals surface area (Å²) < 4.78 is 0. The van der Waals surface area contributed by atoms with Crippen LogP contribution in [0, 0.1) is 6.92 Å². The Morgan fingerprint density at radius 3 is 2.50 bits per heavy atom. The van der Waals surface area contributed by atoms with Crippen molar-refractivity contribution in [2.75, 3.05) is 6.54 Å². The van der Waals surface area contributed by atoms with Crippen molar-refractivity contribution in [2.45, 2.75) is 25.3 Å². The number of carbonyl (C=O) groups excluding carboxylic acids is 1. The number of hydrogen-bond donors (Lipinski definition) is 1. The van der Waals surface area contributed by atoms with E-state index in [4.69, 9.17) is 0 Å². The fourth-order valence-corrected chi connectivity index (χ4v) is 2.35. The average molecular weight is 285 g/mol. The Bertz CT molecular complexity index is 595. The summed E-state index contributed by atoms with van der Waals surface area (Å²) in [5, 5.41) is 0. The molecule has 0 saturated heterocycles. The molecule has 0 unspecified atom stereocenters. The number of benzene rings is 2. The smallest absolute Gasteiger partial charge is 0.254 e. The molecule has 0 saturated carbocycles. The number of rotatable bonds is 4. The fraction of sp³-hybridized carbons (Fsp3) is 0.235. The van der Waals surface area contributed by atoms with Gasteiger partial charge in [0, 0.05) is 23.5 Å². The Kier molecular flexibility index (Phi) is 4.85. The highest BCUT2D eigenvalue weighted by molar-refractivity contribution is 7.80. The summed E-state index contributed by atoms with van der Waals surface area (Å²) in [7, 11) is 0. The van der Waals surface area contributed by atoms with Crippen LogP contribution in [0.1, 0.15) is 28.4 Å². The lowest BCUT2D eigenvalue weighted by Crippen LogP contribution is -2.30. The predicted molar refractivity (Wildman–Crippen MR) is 85.3 cm³/mol. The maximum Gasteiger partial charge on any atom is 0.254 e. The van der Waals surface area contributed by atoms with Gasteiger partial charge in [-0.05, 0) is 37.1 Å². The first-order valence-electron chi connectivity index (χ1n) is 6.74. The minimum absolute atomic E-state index is 0.0600. The Hall–Kier alpha value is -1.74. The van der Waals surface area contributed by atoms with Crippen LogP contribution in [0.3, 0.4) is 0 Å². The van der Waals surface area contributed by atoms with Crippen molar-refractivity contribution in [1.29, 1.82) is 0 Å². The number of thiol groups is 1. The van der Waals surface area contributed by atoms with E-state index < -0.39 is 0 Å². The topological polar surface area (TPSA) is 20.3 Å². The lowest BCUT2D eigenvalue weighted by molar-refractivity contribution is 0.0751. The van der Waals surface area contributed by atoms with Crippen molar-refractivity contribution in [3.8, 4) is 0 Å². The van der Waals surface area contributed by atoms with Gasteiger partial charge in [0.2, 0.25) is 0 Å². The van der Waals surface area contributed by atoms with E-state index in [1.165, 1.54) is 0 Å². The van der Waals surface area contributed by atoms with E-state index in [-0.39, 0.29) is 5.91 Å². The van der Waals surface area contributed by atoms with Crippen LogP contribution in [0.15, 0.2) is 53.4 Å². The Morgan fingerprint density at radius 2 is 1.85 bits per heavy atom. The molecule has 0 aromatic heterocycles. The largest absolute Gasteiger partial charge is 0.335 e. The summed E-state index contributed by atoms with van der Waals surface area (Å²) in [6, 6.07) is 15.7. The SMILES string of the molecule is CCN(Cc1ccccc1)C(=O)c1cc(S)ccc1C. The van der Waals surface area contributed by atoms with Gasteiger partial charge in [0.05, 0.1) is 0 Å². The highest BCUT2D eigenvalue weighted by Crippen LogP contribution is 2.17. The lowest BCUT2D eigenvalue weighted by atomic mass is 10.1. The molecule has 2 aromatic carbocycles. The van der Waals surface area contributed by atoms with E-state index in [0.717, 1.165) is 21.6 Å². The zero-order chi connectivity index (χ0) is 14.5. The molecular weight excluding hydrogens is 266 g/mol. The summed E-state index contributed by atoms with van der Waals surface area (Å²) in [5.74, 6) is 0.0600. The summed E-state index contributed by atoms with van der Waals surface area (Å²) in [4.78, 5) is 15.3. The highest BCUT2D eigenvalue weighted by Gasteiger charge is 2.16. The first-order valence-corrected chi connectivity index (χ1v) is 7.19. The minimum atomic E-state index is 0.0600. The van der Waals surface area contributed by atoms with Gasteiger partial charge in [-0.15, -0.1) is 12.6 Å². The predicted octanol–water partition coefficient (Wildman–Crippen LogP) is 3.95. The molecule has 0 bridgehead atoms. The van der Waals surface area contributed by atoms with Crippen molar-refractivity contribution in [3.05, 3.63) is 65.2 Å². The molecule has 0 spiro atoms. The monoisotopic (exact) mass is 285 g/mol. The van der Waals surface area contributed by atoms with Gasteiger partial charge in [0.15, 0.2) is 0 Å². The molecule has 0 aliphatic rings. The number of nitrogens with zero attached hydrogens (tertiary/aromatic N) is 1. The van der Waals surface area contributed by atoms with Crippen molar-refractivity contribution >= 4 is 18.5 Å². The van der Waals surface area contributed by atoms with Crippen LogP contribution in [-0.2, 0) is 6.54 Å². The molecule has 0 aliphatic carbocycles. The standard InChI is InChI=1S/C17H19NOS/c1-3-18(12-14-7-5-4-6-8-14)17(19)16-11-15(20)10-9-13(16)2/h4-11,20H,3,12H2,1-2H3. The zero-order valence-electron chi connectivity index (χ0n) is 11.8. The third-order valence-electron chi connectivity index (χ3n) is 3.34. The first-order chi connectivity index (χ1) is 9.61. The van der Waals surface area contributed by atoms with E-state index in [2.05, 4.69) is 12.6 Å². The maximum atomic E-state index is 12.6. The third-order valence-corrected chi connectivity index (χ3v) is 3.61. The van der Waals surface area contributed by atoms with Gasteiger partial charge >= 0.3 is 0 Å². The number of hydrogen-bond acceptors (Lipinski definition) is 2. The number of carbonyl (C=O) groups is 1. The van der Waals surface area contributed by atoms with Crippen LogP contribution >= 0.6 is 12.6 Å². The van der Waals surface area contributed by atoms with Gasteiger partial charge < -0.3 is 4.90 Å². The molecule has 2 nitrogen and oxygen atoms in total. The minimum Gasteiger partial charge on any atom is -0.335 e. The molecule has 0 N–H and O–H groups in total. The quantitative estimate of drug-likeness (QED) is 0.844. The average Bonchev–Trinajstić information content (AvgIpc) is 2.47. The van der Waals surface area contributed by atoms with Crippen molar-refractivity contribution in [2.24, 2.45) is 0 Å². The summed E-state index contributed by atoms with van der Waals surface area (Å²) in [6.07, 6.45) is 0. The third kappa shape index (κ3) is 3.42. The van der Waals surface area contributed by atoms with Crippen LogP contribution in [0.5, 0.6) is 0 Å². The summed E-state index contributed by atoms with van der Waals surface area (Å²) >= 11 is 4.32. The summed E-state index contributed by atoms with van der Waals surface area (Å²) in [5.41, 5.74) is 2.86. The van der Waals surface area contributed by atoms with E-state index >= 15 is 0 Å². The van der Waals surface area contributed by atoms with Crippen molar-refractivity contribution in [1.82, 2.24) is 4.90 Å². The maximum absolute atomic E-state index is 12.6. The molecule has 1 amide bonds. The molecule has 0 atom stereocenters. The molecule has 20 heavy (non-hydrogen) atoms. The van der Waals surface area contributed by atoms with Crippen LogP contribution in [-0.4, -0.2) is 17.4 Å². The zero-order valence-corrected chi connectivity index (χ0v) is 12.7. The first kappa shape index (κ1) is 14.7. The summed E-state index contributed by atoms with van der Waals surface area (Å²) in [6.45, 7) is 5.27. The molecule has 2 rings (SSSR count). The molecule has 0 fully saturated rings. The van der Waals surface area contributed by atoms with Gasteiger partial charge in [-0.3, -0.25) is 4.79 Å². The van der Waals surface area contributed by atoms with E-state index in [1.54, 1.807) is 0 Å². The van der Waals surface area contributed by atoms with Gasteiger partial charge in [-0.1, -0.05) is 36.4 Å². The van der Waals surface area contributed by atoms with Crippen LogP contribution < -0.4 is 0 Å². The fourth-order valence-electron chi connectivity index (χ4n) is 2.14. The Labute approximate surface area is 125 Å². The second-order valence-electron chi connectivity index (χ2n) is 4.80. The highest BCUT2D eigenvalue weighted by atomic mass is 32.1. The number of aryl methyl sites for hydroxylation is 1. The molecule has 0 aliphatic heterocycles. The van der Waals surface area contributed by atoms with Gasteiger partial charge in [-0.2, -0.15) is 0 Å². The lowest BCUT2D eigenvalue weighted by Gasteiger charge is -2.22. The molecule has 0 radical (unpaired) electrons. The van der Waals surface area contributed by atoms with Crippen LogP contribution in [0.4, 0.5) is 0 Å². The second-order valence-corrected chi connectivity index (χ2v) is 5.32. The normalized spacial score (nSPS) is 10.3. The van der Waals surface area contributed by atoms with E-state index in [1.807, 2.05) is 67.3 Å². The van der Waals surface area contributed by atoms with Crippen molar-refractivity contribution in [3.63, 3.8) is 0 Å². The Balaban J connectivity index is 2.23. The second kappa shape index (κ2) is 6.62. The molecule has 0 heterocycles. The number of amides is 1. The molecule has 2 aromatic rings. The van der Waals surface area contributed by atoms with Crippen molar-refractivity contribution < 1.29 is 4.79 Å². The van der Waals surface area contributed by atoms with Crippen LogP contribution in [0.2, 0.25) is 0 Å². The Morgan fingerprint density at radius 1 is 1.15 bits per heavy atom. The molecule has 3 heteroatoms. The van der Waals surface area contributed by atoms with E-state index in [9.17, 15) is 4.79 Å². The van der Waals surface area contributed by atoms with Crippen LogP contribution in [0.25, 0.3) is 0 Å². The molecule has 104 valence electrons. The van der Waals surface area contributed by atoms with Gasteiger partial charge in [0.1, 0.15) is 0 Å². The van der Waals surface area contributed by atoms with Gasteiger partial charge in [-0.25, -0.2) is 0 Å². The van der Waals surface area contributed by atoms with E-state index in [0.29, 0.717) is 13.1 Å². The molecular formula is C17H19NOS. The van der Waals surface area contributed by atoms with Gasteiger partial charge in [0.25, 0.3) is 5.91 Å².